The molecule has 0 radical (unpaired) electrons. The number of aryl methyl sites for hydroxylation is 1. The summed E-state index contributed by atoms with van der Waals surface area (Å²) < 4.78 is 0. The van der Waals surface area contributed by atoms with Gasteiger partial charge in [-0.3, -0.25) is 9.59 Å². The Bertz CT molecular complexity index is 733. The summed E-state index contributed by atoms with van der Waals surface area (Å²) >= 11 is 13.5. The molecular weight excluding hydrogens is 341 g/mol. The number of carbonyl (C=O) groups excluding carboxylic acids is 2. The molecule has 116 valence electrons. The fraction of sp³-hybridized carbons (Fsp3) is 0.250. The topological polar surface area (TPSA) is 49.9 Å². The highest BCUT2D eigenvalue weighted by Crippen LogP contribution is 2.34. The van der Waals surface area contributed by atoms with Crippen molar-refractivity contribution >= 4 is 46.5 Å². The lowest BCUT2D eigenvalue weighted by molar-refractivity contribution is 0.101. The van der Waals surface area contributed by atoms with Crippen LogP contribution in [0.1, 0.15) is 39.0 Å². The molecule has 0 unspecified atom stereocenters. The van der Waals surface area contributed by atoms with Crippen LogP contribution in [0.3, 0.4) is 0 Å². The van der Waals surface area contributed by atoms with E-state index in [-0.39, 0.29) is 17.3 Å². The summed E-state index contributed by atoms with van der Waals surface area (Å²) in [5.41, 5.74) is 2.47. The van der Waals surface area contributed by atoms with Crippen LogP contribution in [0.4, 0.5) is 0 Å². The molecule has 1 aromatic heterocycles. The van der Waals surface area contributed by atoms with Crippen LogP contribution in [-0.4, -0.2) is 22.3 Å². The van der Waals surface area contributed by atoms with Gasteiger partial charge in [-0.2, -0.15) is 0 Å². The van der Waals surface area contributed by atoms with E-state index in [2.05, 4.69) is 4.98 Å². The number of carbonyl (C=O) groups is 2. The zero-order valence-electron chi connectivity index (χ0n) is 12.4. The zero-order chi connectivity index (χ0) is 16.4. The molecule has 1 aromatic carbocycles. The number of rotatable bonds is 5. The molecule has 0 aliphatic carbocycles. The first-order valence-corrected chi connectivity index (χ1v) is 8.37. The van der Waals surface area contributed by atoms with Gasteiger partial charge in [-0.25, -0.2) is 0 Å². The molecular formula is C16H15Cl2NO2S. The van der Waals surface area contributed by atoms with Crippen LogP contribution >= 0.6 is 35.0 Å². The van der Waals surface area contributed by atoms with Gasteiger partial charge in [0.2, 0.25) is 0 Å². The van der Waals surface area contributed by atoms with Gasteiger partial charge in [0.1, 0.15) is 0 Å². The van der Waals surface area contributed by atoms with Crippen LogP contribution in [0.2, 0.25) is 10.0 Å². The van der Waals surface area contributed by atoms with Gasteiger partial charge in [0.15, 0.2) is 11.6 Å². The number of nitrogens with one attached hydrogen (secondary N) is 1. The smallest absolute Gasteiger partial charge is 0.189 e. The largest absolute Gasteiger partial charge is 0.355 e. The highest BCUT2D eigenvalue weighted by atomic mass is 35.5. The van der Waals surface area contributed by atoms with Crippen molar-refractivity contribution in [3.05, 3.63) is 50.8 Å². The van der Waals surface area contributed by atoms with E-state index in [4.69, 9.17) is 23.2 Å². The Hall–Kier alpha value is -1.23. The molecule has 0 aliphatic rings. The molecule has 0 amide bonds. The van der Waals surface area contributed by atoms with E-state index in [1.54, 1.807) is 32.0 Å². The van der Waals surface area contributed by atoms with Crippen LogP contribution < -0.4 is 0 Å². The van der Waals surface area contributed by atoms with E-state index in [1.807, 2.05) is 0 Å². The number of H-pyrrole nitrogens is 1. The number of halogens is 2. The van der Waals surface area contributed by atoms with Crippen molar-refractivity contribution in [2.75, 3.05) is 5.75 Å². The highest BCUT2D eigenvalue weighted by molar-refractivity contribution is 8.00. The van der Waals surface area contributed by atoms with Gasteiger partial charge in [-0.1, -0.05) is 29.3 Å². The van der Waals surface area contributed by atoms with Crippen LogP contribution in [-0.2, 0) is 0 Å². The molecule has 2 rings (SSSR count). The lowest BCUT2D eigenvalue weighted by Gasteiger charge is -2.06. The summed E-state index contributed by atoms with van der Waals surface area (Å²) in [5.74, 6) is 0.0582. The second-order valence-corrected chi connectivity index (χ2v) is 6.74. The van der Waals surface area contributed by atoms with Crippen molar-refractivity contribution in [1.29, 1.82) is 0 Å². The Kier molecular flexibility index (Phi) is 5.37. The van der Waals surface area contributed by atoms with Gasteiger partial charge in [-0.15, -0.1) is 11.8 Å². The lowest BCUT2D eigenvalue weighted by Crippen LogP contribution is -2.05. The van der Waals surface area contributed by atoms with Crippen LogP contribution in [0.15, 0.2) is 23.1 Å². The van der Waals surface area contributed by atoms with E-state index in [0.29, 0.717) is 37.5 Å². The Morgan fingerprint density at radius 2 is 1.77 bits per heavy atom. The predicted molar refractivity (Wildman–Crippen MR) is 91.8 cm³/mol. The number of aromatic nitrogens is 1. The molecule has 1 N–H and O–H groups in total. The molecule has 1 heterocycles. The third-order valence-corrected chi connectivity index (χ3v) is 5.32. The van der Waals surface area contributed by atoms with E-state index in [9.17, 15) is 9.59 Å². The van der Waals surface area contributed by atoms with E-state index >= 15 is 0 Å². The summed E-state index contributed by atoms with van der Waals surface area (Å²) in [7, 11) is 0. The van der Waals surface area contributed by atoms with Crippen LogP contribution in [0, 0.1) is 13.8 Å². The molecule has 0 fully saturated rings. The van der Waals surface area contributed by atoms with Crippen molar-refractivity contribution < 1.29 is 9.59 Å². The first kappa shape index (κ1) is 17.1. The number of ketones is 2. The van der Waals surface area contributed by atoms with E-state index in [1.165, 1.54) is 18.7 Å². The standard InChI is InChI=1S/C16H15Cl2NO2S/c1-8-14(10(3)20)9(2)19-15(8)13(21)7-22-16-11(17)5-4-6-12(16)18/h4-6,19H,7H2,1-3H3. The molecule has 6 heteroatoms. The summed E-state index contributed by atoms with van der Waals surface area (Å²) in [6, 6.07) is 5.23. The first-order chi connectivity index (χ1) is 10.3. The molecule has 3 nitrogen and oxygen atoms in total. The maximum atomic E-state index is 12.4. The summed E-state index contributed by atoms with van der Waals surface area (Å²) in [6.45, 7) is 5.06. The second-order valence-electron chi connectivity index (χ2n) is 4.94. The van der Waals surface area contributed by atoms with Gasteiger partial charge in [0, 0.05) is 16.2 Å². The number of hydrogen-bond donors (Lipinski definition) is 1. The highest BCUT2D eigenvalue weighted by Gasteiger charge is 2.20. The Balaban J connectivity index is 2.20. The first-order valence-electron chi connectivity index (χ1n) is 6.63. The minimum Gasteiger partial charge on any atom is -0.355 e. The normalized spacial score (nSPS) is 10.8. The van der Waals surface area contributed by atoms with Gasteiger partial charge >= 0.3 is 0 Å². The third kappa shape index (κ3) is 3.40. The average Bonchev–Trinajstić information content (AvgIpc) is 2.73. The quantitative estimate of drug-likeness (QED) is 0.598. The van der Waals surface area contributed by atoms with E-state index < -0.39 is 0 Å². The van der Waals surface area contributed by atoms with Crippen molar-refractivity contribution in [2.45, 2.75) is 25.7 Å². The fourth-order valence-corrected chi connectivity index (χ4v) is 3.94. The zero-order valence-corrected chi connectivity index (χ0v) is 14.7. The molecule has 0 aliphatic heterocycles. The summed E-state index contributed by atoms with van der Waals surface area (Å²) in [6.07, 6.45) is 0. The number of hydrogen-bond acceptors (Lipinski definition) is 3. The molecule has 0 bridgehead atoms. The van der Waals surface area contributed by atoms with Crippen molar-refractivity contribution in [3.63, 3.8) is 0 Å². The maximum absolute atomic E-state index is 12.4. The minimum atomic E-state index is -0.0888. The summed E-state index contributed by atoms with van der Waals surface area (Å²) in [4.78, 5) is 27.7. The monoisotopic (exact) mass is 355 g/mol. The number of thioether (sulfide) groups is 1. The van der Waals surface area contributed by atoms with Crippen LogP contribution in [0.25, 0.3) is 0 Å². The van der Waals surface area contributed by atoms with Gasteiger partial charge in [-0.05, 0) is 38.5 Å². The number of Topliss-reactive ketones (excluding diaryl/α,β-unsaturated/α-hetero) is 2. The molecule has 0 atom stereocenters. The fourth-order valence-electron chi connectivity index (χ4n) is 2.39. The molecule has 0 saturated heterocycles. The van der Waals surface area contributed by atoms with Crippen LogP contribution in [0.5, 0.6) is 0 Å². The molecule has 0 spiro atoms. The second kappa shape index (κ2) is 6.90. The predicted octanol–water partition coefficient (Wildman–Crippen LogP) is 5.12. The summed E-state index contributed by atoms with van der Waals surface area (Å²) in [5, 5.41) is 1.04. The molecule has 2 aromatic rings. The van der Waals surface area contributed by atoms with Crippen molar-refractivity contribution in [3.8, 4) is 0 Å². The molecule has 0 saturated carbocycles. The van der Waals surface area contributed by atoms with Gasteiger partial charge in [0.05, 0.1) is 21.5 Å². The third-order valence-electron chi connectivity index (χ3n) is 3.33. The lowest BCUT2D eigenvalue weighted by atomic mass is 10.1. The van der Waals surface area contributed by atoms with Crippen molar-refractivity contribution in [1.82, 2.24) is 4.98 Å². The Morgan fingerprint density at radius 1 is 1.18 bits per heavy atom. The Morgan fingerprint density at radius 3 is 2.27 bits per heavy atom. The maximum Gasteiger partial charge on any atom is 0.189 e. The van der Waals surface area contributed by atoms with Crippen molar-refractivity contribution in [2.24, 2.45) is 0 Å². The van der Waals surface area contributed by atoms with E-state index in [0.717, 1.165) is 0 Å². The SMILES string of the molecule is CC(=O)c1c(C)[nH]c(C(=O)CSc2c(Cl)cccc2Cl)c1C. The Labute approximate surface area is 143 Å². The molecule has 22 heavy (non-hydrogen) atoms. The van der Waals surface area contributed by atoms with Gasteiger partial charge in [0.25, 0.3) is 0 Å². The minimum absolute atomic E-state index is 0.0490. The average molecular weight is 356 g/mol. The number of aromatic amines is 1. The number of benzene rings is 1. The van der Waals surface area contributed by atoms with Gasteiger partial charge < -0.3 is 4.98 Å².